The maximum absolute atomic E-state index is 10.1. The van der Waals surface area contributed by atoms with E-state index in [0.29, 0.717) is 31.0 Å². The summed E-state index contributed by atoms with van der Waals surface area (Å²) in [6.45, 7) is 9.02. The molecule has 184 valence electrons. The Bertz CT molecular complexity index is 1230. The number of aliphatic hydroxyl groups is 1. The molecule has 0 atom stereocenters. The van der Waals surface area contributed by atoms with Gasteiger partial charge >= 0.3 is 6.08 Å². The minimum atomic E-state index is -0.248. The number of aromatic nitrogens is 1. The van der Waals surface area contributed by atoms with E-state index < -0.39 is 0 Å². The molecule has 0 amide bonds. The van der Waals surface area contributed by atoms with Crippen LogP contribution in [0.4, 0.5) is 5.69 Å². The first-order chi connectivity index (χ1) is 17.1. The number of rotatable bonds is 9. The lowest BCUT2D eigenvalue weighted by atomic mass is 10.1. The summed E-state index contributed by atoms with van der Waals surface area (Å²) >= 11 is 2.03. The maximum Gasteiger partial charge on any atom is 0.551 e. The second-order valence-corrected chi connectivity index (χ2v) is 9.58. The van der Waals surface area contributed by atoms with Crippen molar-refractivity contribution in [3.63, 3.8) is 0 Å². The van der Waals surface area contributed by atoms with E-state index in [0.717, 1.165) is 40.9 Å². The predicted molar refractivity (Wildman–Crippen MR) is 142 cm³/mol. The van der Waals surface area contributed by atoms with Crippen LogP contribution in [0.15, 0.2) is 42.5 Å². The molecule has 0 unspecified atom stereocenters. The Morgan fingerprint density at radius 1 is 1.17 bits per heavy atom. The van der Waals surface area contributed by atoms with Gasteiger partial charge in [-0.1, -0.05) is 12.1 Å². The molecule has 2 N–H and O–H groups in total. The first-order valence-corrected chi connectivity index (χ1v) is 13.4. The van der Waals surface area contributed by atoms with Gasteiger partial charge in [0.05, 0.1) is 30.0 Å². The van der Waals surface area contributed by atoms with E-state index in [-0.39, 0.29) is 6.08 Å². The van der Waals surface area contributed by atoms with Gasteiger partial charge in [-0.25, -0.2) is 0 Å². The van der Waals surface area contributed by atoms with Crippen LogP contribution in [0.1, 0.15) is 25.8 Å². The van der Waals surface area contributed by atoms with E-state index >= 15 is 0 Å². The number of ether oxygens (including phenoxy) is 2. The minimum absolute atomic E-state index is 0.248. The number of fused-ring (bicyclic) bond motifs is 1. The highest BCUT2D eigenvalue weighted by Gasteiger charge is 2.20. The highest BCUT2D eigenvalue weighted by atomic mass is 32.2. The van der Waals surface area contributed by atoms with Gasteiger partial charge in [-0.05, 0) is 32.4 Å². The minimum Gasteiger partial charge on any atom is -0.493 e. The first kappa shape index (κ1) is 25.0. The molecule has 7 nitrogen and oxygen atoms in total. The highest BCUT2D eigenvalue weighted by Crippen LogP contribution is 2.35. The summed E-state index contributed by atoms with van der Waals surface area (Å²) in [5.41, 5.74) is 4.03. The second kappa shape index (κ2) is 12.0. The molecule has 1 aliphatic heterocycles. The van der Waals surface area contributed by atoms with Gasteiger partial charge in [0.2, 0.25) is 5.69 Å². The normalized spacial score (nSPS) is 14.7. The lowest BCUT2D eigenvalue weighted by molar-refractivity contribution is -0.382. The lowest BCUT2D eigenvalue weighted by Crippen LogP contribution is -2.67. The molecular formula is C27H33N4O3S+. The Labute approximate surface area is 211 Å². The zero-order chi connectivity index (χ0) is 24.6. The van der Waals surface area contributed by atoms with E-state index in [9.17, 15) is 10.4 Å². The summed E-state index contributed by atoms with van der Waals surface area (Å²) in [6, 6.07) is 16.0. The van der Waals surface area contributed by atoms with Gasteiger partial charge in [0.15, 0.2) is 0 Å². The molecule has 4 rings (SSSR count). The SMILES string of the molecule is CCOC(O)=[NH+]c1cccc(-c2c(C#N)c3ccc(OCCCN4CCSCC4)cc3n2CC)c1. The van der Waals surface area contributed by atoms with Crippen molar-refractivity contribution >= 4 is 34.4 Å². The van der Waals surface area contributed by atoms with Crippen molar-refractivity contribution in [2.45, 2.75) is 26.8 Å². The second-order valence-electron chi connectivity index (χ2n) is 8.36. The van der Waals surface area contributed by atoms with E-state index in [1.807, 2.05) is 54.2 Å². The molecule has 2 aromatic carbocycles. The van der Waals surface area contributed by atoms with Gasteiger partial charge in [0.1, 0.15) is 11.8 Å². The average molecular weight is 494 g/mol. The number of aliphatic hydroxyl groups excluding tert-OH is 1. The van der Waals surface area contributed by atoms with Crippen molar-refractivity contribution in [1.82, 2.24) is 9.47 Å². The molecule has 0 bridgehead atoms. The smallest absolute Gasteiger partial charge is 0.493 e. The quantitative estimate of drug-likeness (QED) is 0.269. The molecule has 8 heteroatoms. The van der Waals surface area contributed by atoms with Crippen molar-refractivity contribution < 1.29 is 19.6 Å². The number of aryl methyl sites for hydroxylation is 1. The largest absolute Gasteiger partial charge is 0.551 e. The Morgan fingerprint density at radius 3 is 2.74 bits per heavy atom. The number of thioether (sulfide) groups is 1. The molecule has 0 saturated carbocycles. The lowest BCUT2D eigenvalue weighted by Gasteiger charge is -2.25. The average Bonchev–Trinajstić information content (AvgIpc) is 3.20. The zero-order valence-electron chi connectivity index (χ0n) is 20.4. The third kappa shape index (κ3) is 5.92. The molecule has 2 heterocycles. The number of benzene rings is 2. The first-order valence-electron chi connectivity index (χ1n) is 12.2. The summed E-state index contributed by atoms with van der Waals surface area (Å²) in [4.78, 5) is 5.36. The van der Waals surface area contributed by atoms with Crippen LogP contribution in [0.5, 0.6) is 5.75 Å². The van der Waals surface area contributed by atoms with Crippen LogP contribution < -0.4 is 9.73 Å². The van der Waals surface area contributed by atoms with Crippen LogP contribution >= 0.6 is 11.8 Å². The number of hydrogen-bond acceptors (Lipinski definition) is 5. The fourth-order valence-corrected chi connectivity index (χ4v) is 5.48. The summed E-state index contributed by atoms with van der Waals surface area (Å²) < 4.78 is 13.3. The maximum atomic E-state index is 10.1. The zero-order valence-corrected chi connectivity index (χ0v) is 21.2. The predicted octanol–water partition coefficient (Wildman–Crippen LogP) is 3.68. The van der Waals surface area contributed by atoms with Gasteiger partial charge < -0.3 is 24.0 Å². The standard InChI is InChI=1S/C27H32N4O3S/c1-3-31-25-18-22(34-14-6-11-30-12-15-35-16-13-30)9-10-23(25)24(19-28)26(31)20-7-5-8-21(17-20)29-27(32)33-4-2/h5,7-10,17-18H,3-4,6,11-16H2,1-2H3,(H,29,32)/p+1. The van der Waals surface area contributed by atoms with E-state index in [1.165, 1.54) is 24.6 Å². The van der Waals surface area contributed by atoms with Gasteiger partial charge in [-0.15, -0.1) is 4.99 Å². The molecule has 1 aliphatic rings. The number of nitrogens with one attached hydrogen (secondary N) is 1. The van der Waals surface area contributed by atoms with Crippen molar-refractivity contribution in [3.8, 4) is 23.1 Å². The van der Waals surface area contributed by atoms with Crippen molar-refractivity contribution in [3.05, 3.63) is 48.0 Å². The third-order valence-electron chi connectivity index (χ3n) is 6.12. The number of nitriles is 1. The Balaban J connectivity index is 1.59. The van der Waals surface area contributed by atoms with E-state index in [2.05, 4.69) is 27.5 Å². The molecule has 0 radical (unpaired) electrons. The molecule has 1 saturated heterocycles. The van der Waals surface area contributed by atoms with Crippen LogP contribution in [-0.2, 0) is 11.3 Å². The van der Waals surface area contributed by atoms with Crippen LogP contribution in [0, 0.1) is 11.3 Å². The number of hydrogen-bond donors (Lipinski definition) is 2. The molecule has 1 aromatic heterocycles. The van der Waals surface area contributed by atoms with Gasteiger partial charge in [-0.2, -0.15) is 17.0 Å². The molecular weight excluding hydrogens is 460 g/mol. The highest BCUT2D eigenvalue weighted by molar-refractivity contribution is 7.99. The monoisotopic (exact) mass is 493 g/mol. The van der Waals surface area contributed by atoms with Crippen LogP contribution in [0.2, 0.25) is 0 Å². The number of nitrogens with zero attached hydrogens (tertiary/aromatic N) is 3. The third-order valence-corrected chi connectivity index (χ3v) is 7.07. The fraction of sp³-hybridized carbons (Fsp3) is 0.407. The van der Waals surface area contributed by atoms with Crippen molar-refractivity contribution in [2.75, 3.05) is 44.4 Å². The van der Waals surface area contributed by atoms with Crippen molar-refractivity contribution in [2.24, 2.45) is 0 Å². The molecule has 35 heavy (non-hydrogen) atoms. The van der Waals surface area contributed by atoms with Gasteiger partial charge in [0.25, 0.3) is 0 Å². The summed E-state index contributed by atoms with van der Waals surface area (Å²) in [5, 5.41) is 20.8. The summed E-state index contributed by atoms with van der Waals surface area (Å²) in [6.07, 6.45) is 0.750. The summed E-state index contributed by atoms with van der Waals surface area (Å²) in [7, 11) is 0. The van der Waals surface area contributed by atoms with Gasteiger partial charge in [-0.3, -0.25) is 0 Å². The Kier molecular flexibility index (Phi) is 8.56. The van der Waals surface area contributed by atoms with Crippen LogP contribution in [-0.4, -0.2) is 65.0 Å². The molecule has 0 spiro atoms. The van der Waals surface area contributed by atoms with E-state index in [4.69, 9.17) is 9.47 Å². The molecule has 3 aromatic rings. The molecule has 0 aliphatic carbocycles. The van der Waals surface area contributed by atoms with Crippen molar-refractivity contribution in [1.29, 1.82) is 5.26 Å². The molecule has 1 fully saturated rings. The topological polar surface area (TPSA) is 84.6 Å². The van der Waals surface area contributed by atoms with Crippen LogP contribution in [0.3, 0.4) is 0 Å². The Hall–Kier alpha value is -3.15. The van der Waals surface area contributed by atoms with Gasteiger partial charge in [0, 0.05) is 66.8 Å². The Morgan fingerprint density at radius 2 is 2.00 bits per heavy atom. The van der Waals surface area contributed by atoms with E-state index in [1.54, 1.807) is 6.92 Å². The fourth-order valence-electron chi connectivity index (χ4n) is 4.50. The van der Waals surface area contributed by atoms with Crippen LogP contribution in [0.25, 0.3) is 22.2 Å². The summed E-state index contributed by atoms with van der Waals surface area (Å²) in [5.74, 6) is 3.27.